The molecule has 0 bridgehead atoms. The zero-order valence-electron chi connectivity index (χ0n) is 12.1. The van der Waals surface area contributed by atoms with Crippen molar-refractivity contribution in [3.05, 3.63) is 28.7 Å². The number of amides is 1. The van der Waals surface area contributed by atoms with Gasteiger partial charge in [-0.25, -0.2) is 4.79 Å². The molecule has 1 atom stereocenters. The van der Waals surface area contributed by atoms with Crippen LogP contribution in [0.2, 0.25) is 0 Å². The van der Waals surface area contributed by atoms with E-state index in [0.717, 1.165) is 10.2 Å². The highest BCUT2D eigenvalue weighted by atomic mass is 79.9. The van der Waals surface area contributed by atoms with Crippen molar-refractivity contribution >= 4 is 27.8 Å². The lowest BCUT2D eigenvalue weighted by molar-refractivity contribution is -0.143. The average Bonchev–Trinajstić information content (AvgIpc) is 2.42. The first-order valence-corrected chi connectivity index (χ1v) is 7.60. The van der Waals surface area contributed by atoms with Crippen molar-refractivity contribution < 1.29 is 19.4 Å². The Morgan fingerprint density at radius 2 is 1.90 bits per heavy atom. The molecular weight excluding hydrogens is 338 g/mol. The predicted octanol–water partition coefficient (Wildman–Crippen LogP) is 2.83. The lowest BCUT2D eigenvalue weighted by Crippen LogP contribution is -2.44. The number of carboxylic acids is 1. The number of carbonyl (C=O) groups is 2. The Labute approximate surface area is 132 Å². The summed E-state index contributed by atoms with van der Waals surface area (Å²) in [6.07, 6.45) is 0.777. The van der Waals surface area contributed by atoms with Gasteiger partial charge in [0.2, 0.25) is 5.91 Å². The van der Waals surface area contributed by atoms with E-state index in [4.69, 9.17) is 9.84 Å². The zero-order chi connectivity index (χ0) is 15.8. The second-order valence-electron chi connectivity index (χ2n) is 5.03. The number of carboxylic acid groups (broad SMARTS) is 1. The molecule has 0 aromatic heterocycles. The molecule has 0 saturated heterocycles. The van der Waals surface area contributed by atoms with Crippen LogP contribution in [-0.2, 0) is 9.59 Å². The van der Waals surface area contributed by atoms with E-state index < -0.39 is 12.0 Å². The Balaban J connectivity index is 2.27. The van der Waals surface area contributed by atoms with Crippen molar-refractivity contribution in [3.8, 4) is 5.75 Å². The minimum Gasteiger partial charge on any atom is -0.494 e. The van der Waals surface area contributed by atoms with E-state index in [0.29, 0.717) is 13.0 Å². The van der Waals surface area contributed by atoms with Crippen molar-refractivity contribution in [2.24, 2.45) is 5.92 Å². The highest BCUT2D eigenvalue weighted by Crippen LogP contribution is 2.16. The fraction of sp³-hybridized carbons (Fsp3) is 0.467. The van der Waals surface area contributed by atoms with Crippen LogP contribution in [0, 0.1) is 5.92 Å². The lowest BCUT2D eigenvalue weighted by Gasteiger charge is -2.17. The molecule has 0 saturated carbocycles. The van der Waals surface area contributed by atoms with Crippen LogP contribution < -0.4 is 10.1 Å². The SMILES string of the molecule is CC(C)C(NC(=O)CCCOc1ccc(Br)cc1)C(=O)O. The third-order valence-corrected chi connectivity index (χ3v) is 3.41. The Kier molecular flexibility index (Phi) is 7.22. The average molecular weight is 358 g/mol. The first kappa shape index (κ1) is 17.5. The molecule has 0 spiro atoms. The Morgan fingerprint density at radius 3 is 2.43 bits per heavy atom. The first-order valence-electron chi connectivity index (χ1n) is 6.80. The van der Waals surface area contributed by atoms with Crippen molar-refractivity contribution in [2.75, 3.05) is 6.61 Å². The predicted molar refractivity (Wildman–Crippen MR) is 83.3 cm³/mol. The van der Waals surface area contributed by atoms with Gasteiger partial charge in [0.25, 0.3) is 0 Å². The van der Waals surface area contributed by atoms with Crippen LogP contribution in [0.1, 0.15) is 26.7 Å². The van der Waals surface area contributed by atoms with Gasteiger partial charge in [-0.05, 0) is 36.6 Å². The molecule has 0 radical (unpaired) electrons. The zero-order valence-corrected chi connectivity index (χ0v) is 13.7. The van der Waals surface area contributed by atoms with Crippen molar-refractivity contribution in [2.45, 2.75) is 32.7 Å². The van der Waals surface area contributed by atoms with Gasteiger partial charge in [-0.1, -0.05) is 29.8 Å². The summed E-state index contributed by atoms with van der Waals surface area (Å²) in [5, 5.41) is 11.5. The standard InChI is InChI=1S/C15H20BrNO4/c1-10(2)14(15(19)20)17-13(18)4-3-9-21-12-7-5-11(16)6-8-12/h5-8,10,14H,3-4,9H2,1-2H3,(H,17,18)(H,19,20). The molecule has 21 heavy (non-hydrogen) atoms. The van der Waals surface area contributed by atoms with Gasteiger partial charge in [-0.3, -0.25) is 4.79 Å². The molecule has 1 unspecified atom stereocenters. The highest BCUT2D eigenvalue weighted by Gasteiger charge is 2.22. The Hall–Kier alpha value is -1.56. The Morgan fingerprint density at radius 1 is 1.29 bits per heavy atom. The number of ether oxygens (including phenoxy) is 1. The monoisotopic (exact) mass is 357 g/mol. The molecule has 0 fully saturated rings. The minimum atomic E-state index is -1.01. The highest BCUT2D eigenvalue weighted by molar-refractivity contribution is 9.10. The lowest BCUT2D eigenvalue weighted by atomic mass is 10.0. The molecule has 0 aliphatic rings. The van der Waals surface area contributed by atoms with Crippen molar-refractivity contribution in [3.63, 3.8) is 0 Å². The summed E-state index contributed by atoms with van der Waals surface area (Å²) < 4.78 is 6.47. The van der Waals surface area contributed by atoms with E-state index in [2.05, 4.69) is 21.2 Å². The van der Waals surface area contributed by atoms with Crippen molar-refractivity contribution in [1.29, 1.82) is 0 Å². The van der Waals surface area contributed by atoms with Gasteiger partial charge in [0, 0.05) is 10.9 Å². The molecule has 0 aliphatic carbocycles. The molecular formula is C15H20BrNO4. The minimum absolute atomic E-state index is 0.148. The topological polar surface area (TPSA) is 75.6 Å². The van der Waals surface area contributed by atoms with E-state index in [1.807, 2.05) is 24.3 Å². The maximum absolute atomic E-state index is 11.7. The smallest absolute Gasteiger partial charge is 0.326 e. The maximum Gasteiger partial charge on any atom is 0.326 e. The fourth-order valence-corrected chi connectivity index (χ4v) is 1.98. The van der Waals surface area contributed by atoms with E-state index >= 15 is 0 Å². The molecule has 1 aromatic rings. The van der Waals surface area contributed by atoms with Crippen LogP contribution in [0.4, 0.5) is 0 Å². The van der Waals surface area contributed by atoms with Gasteiger partial charge in [0.05, 0.1) is 6.61 Å². The molecule has 1 rings (SSSR count). The summed E-state index contributed by atoms with van der Waals surface area (Å²) in [7, 11) is 0. The van der Waals surface area contributed by atoms with Crippen molar-refractivity contribution in [1.82, 2.24) is 5.32 Å². The maximum atomic E-state index is 11.7. The van der Waals surface area contributed by atoms with Gasteiger partial charge in [-0.15, -0.1) is 0 Å². The fourth-order valence-electron chi connectivity index (χ4n) is 1.71. The summed E-state index contributed by atoms with van der Waals surface area (Å²) in [4.78, 5) is 22.7. The molecule has 1 aromatic carbocycles. The van der Waals surface area contributed by atoms with E-state index in [1.165, 1.54) is 0 Å². The third kappa shape index (κ3) is 6.62. The molecule has 0 aliphatic heterocycles. The summed E-state index contributed by atoms with van der Waals surface area (Å²) in [5.41, 5.74) is 0. The van der Waals surface area contributed by atoms with E-state index in [-0.39, 0.29) is 18.2 Å². The van der Waals surface area contributed by atoms with Gasteiger partial charge in [0.1, 0.15) is 11.8 Å². The van der Waals surface area contributed by atoms with Gasteiger partial charge >= 0.3 is 5.97 Å². The normalized spacial score (nSPS) is 12.0. The van der Waals surface area contributed by atoms with E-state index in [1.54, 1.807) is 13.8 Å². The molecule has 1 amide bonds. The van der Waals surface area contributed by atoms with Crippen LogP contribution in [-0.4, -0.2) is 29.6 Å². The number of aliphatic carboxylic acids is 1. The van der Waals surface area contributed by atoms with E-state index in [9.17, 15) is 9.59 Å². The second-order valence-corrected chi connectivity index (χ2v) is 5.95. The largest absolute Gasteiger partial charge is 0.494 e. The molecule has 116 valence electrons. The van der Waals surface area contributed by atoms with Crippen LogP contribution in [0.3, 0.4) is 0 Å². The molecule has 5 nitrogen and oxygen atoms in total. The molecule has 2 N–H and O–H groups in total. The summed E-state index contributed by atoms with van der Waals surface area (Å²) in [6, 6.07) is 6.58. The first-order chi connectivity index (χ1) is 9.90. The number of halogens is 1. The van der Waals surface area contributed by atoms with Gasteiger partial charge in [-0.2, -0.15) is 0 Å². The van der Waals surface area contributed by atoms with Crippen LogP contribution in [0.25, 0.3) is 0 Å². The van der Waals surface area contributed by atoms with Gasteiger partial charge < -0.3 is 15.2 Å². The number of carbonyl (C=O) groups excluding carboxylic acids is 1. The quantitative estimate of drug-likeness (QED) is 0.701. The summed E-state index contributed by atoms with van der Waals surface area (Å²) >= 11 is 3.34. The van der Waals surface area contributed by atoms with Crippen LogP contribution in [0.5, 0.6) is 5.75 Å². The number of hydrogen-bond donors (Lipinski definition) is 2. The summed E-state index contributed by atoms with van der Waals surface area (Å²) in [5.74, 6) is -0.686. The number of hydrogen-bond acceptors (Lipinski definition) is 3. The van der Waals surface area contributed by atoms with Crippen LogP contribution >= 0.6 is 15.9 Å². The third-order valence-electron chi connectivity index (χ3n) is 2.88. The number of nitrogens with one attached hydrogen (secondary N) is 1. The molecule has 6 heteroatoms. The Bertz CT molecular complexity index is 473. The van der Waals surface area contributed by atoms with Crippen LogP contribution in [0.15, 0.2) is 28.7 Å². The second kappa shape index (κ2) is 8.67. The molecule has 0 heterocycles. The number of benzene rings is 1. The summed E-state index contributed by atoms with van der Waals surface area (Å²) in [6.45, 7) is 3.93. The van der Waals surface area contributed by atoms with Gasteiger partial charge in [0.15, 0.2) is 0 Å². The number of rotatable bonds is 8.